The van der Waals surface area contributed by atoms with E-state index >= 15 is 0 Å². The molecular formula is C22H20N2O2. The zero-order valence-electron chi connectivity index (χ0n) is 14.7. The molecule has 3 aromatic rings. The van der Waals surface area contributed by atoms with Crippen molar-refractivity contribution in [2.75, 3.05) is 6.54 Å². The lowest BCUT2D eigenvalue weighted by atomic mass is 9.99. The van der Waals surface area contributed by atoms with Crippen LogP contribution in [-0.2, 0) is 19.4 Å². The molecule has 0 aliphatic carbocycles. The highest BCUT2D eigenvalue weighted by Gasteiger charge is 2.28. The Hall–Kier alpha value is -2.88. The monoisotopic (exact) mass is 344 g/mol. The van der Waals surface area contributed by atoms with Gasteiger partial charge in [0.15, 0.2) is 0 Å². The normalized spacial score (nSPS) is 18.2. The molecule has 0 radical (unpaired) electrons. The topological polar surface area (TPSA) is 42.3 Å². The number of carbonyl (C=O) groups is 1. The summed E-state index contributed by atoms with van der Waals surface area (Å²) in [6.07, 6.45) is 3.53. The molecule has 2 aliphatic rings. The number of amides is 1. The number of hydrogen-bond acceptors (Lipinski definition) is 2. The summed E-state index contributed by atoms with van der Waals surface area (Å²) in [6, 6.07) is 14.3. The van der Waals surface area contributed by atoms with Crippen LogP contribution in [0.3, 0.4) is 0 Å². The average Bonchev–Trinajstić information content (AvgIpc) is 2.99. The van der Waals surface area contributed by atoms with Crippen molar-refractivity contribution < 1.29 is 4.79 Å². The summed E-state index contributed by atoms with van der Waals surface area (Å²) >= 11 is 0. The lowest BCUT2D eigenvalue weighted by molar-refractivity contribution is 0.0732. The van der Waals surface area contributed by atoms with Crippen LogP contribution >= 0.6 is 0 Å². The summed E-state index contributed by atoms with van der Waals surface area (Å²) in [5.74, 6) is -0.153. The lowest BCUT2D eigenvalue weighted by Gasteiger charge is -2.29. The first-order chi connectivity index (χ1) is 12.6. The van der Waals surface area contributed by atoms with E-state index in [0.29, 0.717) is 24.0 Å². The Bertz CT molecular complexity index is 1110. The molecule has 1 aromatic heterocycles. The maximum atomic E-state index is 13.2. The van der Waals surface area contributed by atoms with Crippen LogP contribution in [0.15, 0.2) is 53.5 Å². The van der Waals surface area contributed by atoms with E-state index < -0.39 is 0 Å². The fraction of sp³-hybridized carbons (Fsp3) is 0.273. The van der Waals surface area contributed by atoms with Crippen molar-refractivity contribution in [3.8, 4) is 0 Å². The standard InChI is InChI=1S/C22H20N2O2/c1-14-11-16-7-4-8-18-20(16)24(14)13-19(21(18)25)22(26)23-10-9-15-5-2-3-6-17(15)12-23/h2-8,13-14H,9-12H2,1H3/t14-/m1/s1. The average molecular weight is 344 g/mol. The zero-order chi connectivity index (χ0) is 17.8. The molecule has 2 aromatic carbocycles. The Morgan fingerprint density at radius 1 is 1.04 bits per heavy atom. The third-order valence-electron chi connectivity index (χ3n) is 5.77. The Morgan fingerprint density at radius 3 is 2.65 bits per heavy atom. The van der Waals surface area contributed by atoms with Crippen molar-refractivity contribution in [1.29, 1.82) is 0 Å². The highest BCUT2D eigenvalue weighted by Crippen LogP contribution is 2.31. The molecule has 0 bridgehead atoms. The number of benzene rings is 2. The summed E-state index contributed by atoms with van der Waals surface area (Å²) in [7, 11) is 0. The van der Waals surface area contributed by atoms with Crippen LogP contribution in [0, 0.1) is 0 Å². The molecule has 0 saturated heterocycles. The van der Waals surface area contributed by atoms with Gasteiger partial charge in [-0.1, -0.05) is 36.4 Å². The van der Waals surface area contributed by atoms with E-state index in [9.17, 15) is 9.59 Å². The number of rotatable bonds is 1. The van der Waals surface area contributed by atoms with E-state index in [1.807, 2.05) is 29.2 Å². The predicted molar refractivity (Wildman–Crippen MR) is 102 cm³/mol. The van der Waals surface area contributed by atoms with Gasteiger partial charge in [0.25, 0.3) is 5.91 Å². The number of para-hydroxylation sites is 1. The van der Waals surface area contributed by atoms with Crippen molar-refractivity contribution in [3.63, 3.8) is 0 Å². The van der Waals surface area contributed by atoms with Crippen LogP contribution in [0.25, 0.3) is 10.9 Å². The highest BCUT2D eigenvalue weighted by atomic mass is 16.2. The molecule has 26 heavy (non-hydrogen) atoms. The van der Waals surface area contributed by atoms with Gasteiger partial charge in [-0.15, -0.1) is 0 Å². The van der Waals surface area contributed by atoms with Gasteiger partial charge < -0.3 is 9.47 Å². The van der Waals surface area contributed by atoms with Gasteiger partial charge in [0.1, 0.15) is 5.56 Å². The molecule has 130 valence electrons. The minimum atomic E-state index is -0.153. The van der Waals surface area contributed by atoms with Crippen LogP contribution < -0.4 is 5.43 Å². The SMILES string of the molecule is C[C@@H]1Cc2cccc3c(=O)c(C(=O)N4CCc5ccccc5C4)cn1c23. The highest BCUT2D eigenvalue weighted by molar-refractivity contribution is 5.98. The van der Waals surface area contributed by atoms with Gasteiger partial charge in [-0.05, 0) is 42.5 Å². The third kappa shape index (κ3) is 2.15. The van der Waals surface area contributed by atoms with Crippen molar-refractivity contribution >= 4 is 16.8 Å². The first-order valence-corrected chi connectivity index (χ1v) is 9.16. The first kappa shape index (κ1) is 15.4. The predicted octanol–water partition coefficient (Wildman–Crippen LogP) is 3.32. The summed E-state index contributed by atoms with van der Waals surface area (Å²) in [5.41, 5.74) is 4.80. The second kappa shape index (κ2) is 5.56. The number of carbonyl (C=O) groups excluding carboxylic acids is 1. The molecule has 1 atom stereocenters. The Labute approximate surface area is 151 Å². The molecule has 0 spiro atoms. The third-order valence-corrected chi connectivity index (χ3v) is 5.77. The number of hydrogen-bond donors (Lipinski definition) is 0. The maximum absolute atomic E-state index is 13.2. The fourth-order valence-corrected chi connectivity index (χ4v) is 4.41. The molecule has 5 rings (SSSR count). The van der Waals surface area contributed by atoms with Gasteiger partial charge in [0.05, 0.1) is 5.52 Å². The largest absolute Gasteiger partial charge is 0.343 e. The Balaban J connectivity index is 1.60. The summed E-state index contributed by atoms with van der Waals surface area (Å²) < 4.78 is 2.11. The smallest absolute Gasteiger partial charge is 0.259 e. The molecule has 0 unspecified atom stereocenters. The summed E-state index contributed by atoms with van der Waals surface area (Å²) in [5, 5.41) is 0.662. The van der Waals surface area contributed by atoms with Crippen molar-refractivity contribution in [1.82, 2.24) is 9.47 Å². The molecule has 0 fully saturated rings. The first-order valence-electron chi connectivity index (χ1n) is 9.16. The van der Waals surface area contributed by atoms with Crippen LogP contribution in [-0.4, -0.2) is 21.9 Å². The molecule has 0 saturated carbocycles. The molecule has 4 nitrogen and oxygen atoms in total. The second-order valence-corrected chi connectivity index (χ2v) is 7.39. The minimum absolute atomic E-state index is 0.143. The van der Waals surface area contributed by atoms with Crippen molar-refractivity contribution in [2.24, 2.45) is 0 Å². The van der Waals surface area contributed by atoms with Crippen molar-refractivity contribution in [3.05, 3.63) is 81.1 Å². The van der Waals surface area contributed by atoms with E-state index in [4.69, 9.17) is 0 Å². The number of aromatic nitrogens is 1. The quantitative estimate of drug-likeness (QED) is 0.680. The Morgan fingerprint density at radius 2 is 1.81 bits per heavy atom. The van der Waals surface area contributed by atoms with Gasteiger partial charge >= 0.3 is 0 Å². The van der Waals surface area contributed by atoms with Crippen LogP contribution in [0.1, 0.15) is 40.0 Å². The van der Waals surface area contributed by atoms with E-state index in [2.05, 4.69) is 29.7 Å². The van der Waals surface area contributed by atoms with E-state index in [-0.39, 0.29) is 17.4 Å². The van der Waals surface area contributed by atoms with Gasteiger partial charge in [0, 0.05) is 30.7 Å². The zero-order valence-corrected chi connectivity index (χ0v) is 14.7. The maximum Gasteiger partial charge on any atom is 0.259 e. The summed E-state index contributed by atoms with van der Waals surface area (Å²) in [4.78, 5) is 28.0. The van der Waals surface area contributed by atoms with Gasteiger partial charge in [-0.2, -0.15) is 0 Å². The molecular weight excluding hydrogens is 324 g/mol. The van der Waals surface area contributed by atoms with Gasteiger partial charge in [-0.25, -0.2) is 0 Å². The summed E-state index contributed by atoms with van der Waals surface area (Å²) in [6.45, 7) is 3.36. The molecule has 0 N–H and O–H groups in total. The number of nitrogens with zero attached hydrogens (tertiary/aromatic N) is 2. The molecule has 2 aliphatic heterocycles. The molecule has 4 heteroatoms. The van der Waals surface area contributed by atoms with E-state index in [1.54, 1.807) is 6.20 Å². The van der Waals surface area contributed by atoms with Gasteiger partial charge in [0.2, 0.25) is 5.43 Å². The van der Waals surface area contributed by atoms with E-state index in [1.165, 1.54) is 16.7 Å². The van der Waals surface area contributed by atoms with Crippen LogP contribution in [0.4, 0.5) is 0 Å². The molecule has 3 heterocycles. The second-order valence-electron chi connectivity index (χ2n) is 7.39. The van der Waals surface area contributed by atoms with Crippen molar-refractivity contribution in [2.45, 2.75) is 32.4 Å². The fourth-order valence-electron chi connectivity index (χ4n) is 4.41. The molecule has 1 amide bonds. The Kier molecular flexibility index (Phi) is 3.29. The minimum Gasteiger partial charge on any atom is -0.343 e. The van der Waals surface area contributed by atoms with Crippen LogP contribution in [0.5, 0.6) is 0 Å². The lowest BCUT2D eigenvalue weighted by Crippen LogP contribution is -2.38. The van der Waals surface area contributed by atoms with Gasteiger partial charge in [-0.3, -0.25) is 9.59 Å². The number of fused-ring (bicyclic) bond motifs is 1. The number of pyridine rings is 1. The van der Waals surface area contributed by atoms with Crippen LogP contribution in [0.2, 0.25) is 0 Å². The van der Waals surface area contributed by atoms with E-state index in [0.717, 1.165) is 18.4 Å².